The lowest BCUT2D eigenvalue weighted by Gasteiger charge is -2.26. The topological polar surface area (TPSA) is 64.6 Å². The smallest absolute Gasteiger partial charge is 0.258 e. The lowest BCUT2D eigenvalue weighted by atomic mass is 10.1. The molecule has 2 aliphatic rings. The Bertz CT molecular complexity index is 720. The molecule has 1 fully saturated rings. The summed E-state index contributed by atoms with van der Waals surface area (Å²) in [5, 5.41) is 0. The number of carbonyl (C=O) groups excluding carboxylic acids is 1. The maximum Gasteiger partial charge on any atom is 0.258 e. The minimum absolute atomic E-state index is 0.0310. The van der Waals surface area contributed by atoms with E-state index < -0.39 is 0 Å². The quantitative estimate of drug-likeness (QED) is 0.851. The summed E-state index contributed by atoms with van der Waals surface area (Å²) >= 11 is 0. The molecule has 6 heteroatoms. The number of likely N-dealkylation sites (tertiary alicyclic amines) is 1. The Balaban J connectivity index is 1.66. The highest BCUT2D eigenvalue weighted by Crippen LogP contribution is 2.37. The van der Waals surface area contributed by atoms with E-state index in [1.165, 1.54) is 0 Å². The van der Waals surface area contributed by atoms with Crippen molar-refractivity contribution >= 4 is 5.91 Å². The van der Waals surface area contributed by atoms with Crippen molar-refractivity contribution in [1.29, 1.82) is 0 Å². The predicted molar refractivity (Wildman–Crippen MR) is 82.5 cm³/mol. The van der Waals surface area contributed by atoms with Crippen molar-refractivity contribution in [2.75, 3.05) is 19.8 Å². The van der Waals surface area contributed by atoms with Crippen LogP contribution in [0.3, 0.4) is 0 Å². The highest BCUT2D eigenvalue weighted by Gasteiger charge is 2.33. The molecule has 0 saturated carbocycles. The number of para-hydroxylation sites is 1. The summed E-state index contributed by atoms with van der Waals surface area (Å²) in [5.41, 5.74) is 1.39. The van der Waals surface area contributed by atoms with Crippen LogP contribution in [0.4, 0.5) is 0 Å². The number of benzene rings is 1. The third kappa shape index (κ3) is 2.50. The first-order valence-corrected chi connectivity index (χ1v) is 7.80. The molecular formula is C17H17N3O3. The Hall–Kier alpha value is -2.63. The lowest BCUT2D eigenvalue weighted by molar-refractivity contribution is 0.0722. The Morgan fingerprint density at radius 3 is 3.00 bits per heavy atom. The summed E-state index contributed by atoms with van der Waals surface area (Å²) in [6.07, 6.45) is 6.90. The molecule has 118 valence electrons. The van der Waals surface area contributed by atoms with E-state index in [2.05, 4.69) is 9.97 Å². The maximum absolute atomic E-state index is 13.0. The molecule has 6 nitrogen and oxygen atoms in total. The van der Waals surface area contributed by atoms with Gasteiger partial charge in [0.25, 0.3) is 5.91 Å². The molecule has 1 saturated heterocycles. The molecule has 0 N–H and O–H groups in total. The van der Waals surface area contributed by atoms with Crippen molar-refractivity contribution in [3.05, 3.63) is 48.0 Å². The monoisotopic (exact) mass is 311 g/mol. The fraction of sp³-hybridized carbons (Fsp3) is 0.353. The molecule has 4 rings (SSSR count). The molecule has 23 heavy (non-hydrogen) atoms. The second-order valence-corrected chi connectivity index (χ2v) is 5.62. The van der Waals surface area contributed by atoms with Gasteiger partial charge in [0.2, 0.25) is 0 Å². The number of hydrogen-bond acceptors (Lipinski definition) is 5. The van der Waals surface area contributed by atoms with E-state index in [-0.39, 0.29) is 11.9 Å². The summed E-state index contributed by atoms with van der Waals surface area (Å²) in [4.78, 5) is 23.4. The van der Waals surface area contributed by atoms with Crippen LogP contribution in [0.2, 0.25) is 0 Å². The third-order valence-electron chi connectivity index (χ3n) is 4.23. The van der Waals surface area contributed by atoms with E-state index in [0.29, 0.717) is 36.8 Å². The van der Waals surface area contributed by atoms with Gasteiger partial charge in [0.15, 0.2) is 11.5 Å². The number of amides is 1. The summed E-state index contributed by atoms with van der Waals surface area (Å²) in [6, 6.07) is 5.42. The number of aromatic nitrogens is 2. The van der Waals surface area contributed by atoms with Gasteiger partial charge in [0, 0.05) is 18.9 Å². The summed E-state index contributed by atoms with van der Waals surface area (Å²) in [5.74, 6) is 1.14. The molecule has 0 spiro atoms. The summed E-state index contributed by atoms with van der Waals surface area (Å²) in [7, 11) is 0. The van der Waals surface area contributed by atoms with Gasteiger partial charge in [-0.05, 0) is 25.0 Å². The van der Waals surface area contributed by atoms with Crippen LogP contribution >= 0.6 is 0 Å². The molecular weight excluding hydrogens is 294 g/mol. The highest BCUT2D eigenvalue weighted by atomic mass is 16.6. The Labute approximate surface area is 134 Å². The molecule has 3 heterocycles. The van der Waals surface area contributed by atoms with E-state index in [0.717, 1.165) is 18.5 Å². The zero-order valence-corrected chi connectivity index (χ0v) is 12.6. The Morgan fingerprint density at radius 1 is 1.22 bits per heavy atom. The van der Waals surface area contributed by atoms with Gasteiger partial charge < -0.3 is 14.4 Å². The molecule has 2 aliphatic heterocycles. The summed E-state index contributed by atoms with van der Waals surface area (Å²) < 4.78 is 11.2. The van der Waals surface area contributed by atoms with Crippen LogP contribution in [0, 0.1) is 0 Å². The fourth-order valence-electron chi connectivity index (χ4n) is 3.20. The van der Waals surface area contributed by atoms with Gasteiger partial charge >= 0.3 is 0 Å². The number of fused-ring (bicyclic) bond motifs is 1. The first-order valence-electron chi connectivity index (χ1n) is 7.80. The molecule has 2 aromatic rings. The highest BCUT2D eigenvalue weighted by molar-refractivity contribution is 5.98. The zero-order chi connectivity index (χ0) is 15.6. The van der Waals surface area contributed by atoms with Gasteiger partial charge in [0.1, 0.15) is 13.2 Å². The predicted octanol–water partition coefficient (Wildman–Crippen LogP) is 2.23. The minimum Gasteiger partial charge on any atom is -0.486 e. The molecule has 0 bridgehead atoms. The Morgan fingerprint density at radius 2 is 2.13 bits per heavy atom. The van der Waals surface area contributed by atoms with Crippen molar-refractivity contribution in [3.8, 4) is 11.5 Å². The van der Waals surface area contributed by atoms with Crippen LogP contribution in [0.5, 0.6) is 11.5 Å². The lowest BCUT2D eigenvalue weighted by Crippen LogP contribution is -2.32. The average molecular weight is 311 g/mol. The van der Waals surface area contributed by atoms with E-state index in [4.69, 9.17) is 9.47 Å². The number of carbonyl (C=O) groups is 1. The average Bonchev–Trinajstić information content (AvgIpc) is 3.11. The van der Waals surface area contributed by atoms with E-state index >= 15 is 0 Å². The zero-order valence-electron chi connectivity index (χ0n) is 12.6. The van der Waals surface area contributed by atoms with Crippen molar-refractivity contribution in [3.63, 3.8) is 0 Å². The van der Waals surface area contributed by atoms with Crippen molar-refractivity contribution < 1.29 is 14.3 Å². The van der Waals surface area contributed by atoms with Gasteiger partial charge in [-0.25, -0.2) is 0 Å². The molecule has 1 aromatic heterocycles. The van der Waals surface area contributed by atoms with Gasteiger partial charge in [-0.2, -0.15) is 0 Å². The SMILES string of the molecule is O=C(c1cccc2c1OCCO2)N1CCCC1c1cnccn1. The molecule has 1 aromatic carbocycles. The minimum atomic E-state index is -0.0412. The van der Waals surface area contributed by atoms with Crippen LogP contribution in [-0.2, 0) is 0 Å². The Kier molecular flexibility index (Phi) is 3.57. The van der Waals surface area contributed by atoms with E-state index in [9.17, 15) is 4.79 Å². The fourth-order valence-corrected chi connectivity index (χ4v) is 3.20. The number of nitrogens with zero attached hydrogens (tertiary/aromatic N) is 3. The molecule has 1 amide bonds. The largest absolute Gasteiger partial charge is 0.486 e. The van der Waals surface area contributed by atoms with Crippen molar-refractivity contribution in [2.24, 2.45) is 0 Å². The van der Waals surface area contributed by atoms with Crippen LogP contribution < -0.4 is 9.47 Å². The maximum atomic E-state index is 13.0. The molecule has 1 unspecified atom stereocenters. The van der Waals surface area contributed by atoms with Gasteiger partial charge in [-0.15, -0.1) is 0 Å². The van der Waals surface area contributed by atoms with Gasteiger partial charge in [0.05, 0.1) is 23.5 Å². The first-order chi connectivity index (χ1) is 11.3. The van der Waals surface area contributed by atoms with E-state index in [1.807, 2.05) is 17.0 Å². The van der Waals surface area contributed by atoms with Gasteiger partial charge in [-0.3, -0.25) is 14.8 Å². The van der Waals surface area contributed by atoms with Crippen LogP contribution in [0.15, 0.2) is 36.8 Å². The van der Waals surface area contributed by atoms with Crippen LogP contribution in [-0.4, -0.2) is 40.5 Å². The van der Waals surface area contributed by atoms with Crippen molar-refractivity contribution in [2.45, 2.75) is 18.9 Å². The van der Waals surface area contributed by atoms with E-state index in [1.54, 1.807) is 24.7 Å². The van der Waals surface area contributed by atoms with Crippen LogP contribution in [0.25, 0.3) is 0 Å². The summed E-state index contributed by atoms with van der Waals surface area (Å²) in [6.45, 7) is 1.69. The van der Waals surface area contributed by atoms with Crippen molar-refractivity contribution in [1.82, 2.24) is 14.9 Å². The number of hydrogen-bond donors (Lipinski definition) is 0. The second kappa shape index (κ2) is 5.87. The molecule has 1 atom stereocenters. The molecule has 0 radical (unpaired) electrons. The van der Waals surface area contributed by atoms with Gasteiger partial charge in [-0.1, -0.05) is 6.07 Å². The number of ether oxygens (including phenoxy) is 2. The third-order valence-corrected chi connectivity index (χ3v) is 4.23. The normalized spacial score (nSPS) is 19.7. The number of rotatable bonds is 2. The first kappa shape index (κ1) is 14.0. The van der Waals surface area contributed by atoms with Crippen LogP contribution in [0.1, 0.15) is 34.9 Å². The molecule has 0 aliphatic carbocycles. The standard InChI is InChI=1S/C17H17N3O3/c21-17(12-3-1-5-15-16(12)23-10-9-22-15)20-8-2-4-14(20)13-11-18-6-7-19-13/h1,3,5-7,11,14H,2,4,8-10H2. The second-order valence-electron chi connectivity index (χ2n) is 5.62.